The lowest BCUT2D eigenvalue weighted by molar-refractivity contribution is -0.148. The van der Waals surface area contributed by atoms with E-state index in [2.05, 4.69) is 28.8 Å². The van der Waals surface area contributed by atoms with E-state index in [1.54, 1.807) is 6.92 Å². The molecule has 17 heavy (non-hydrogen) atoms. The van der Waals surface area contributed by atoms with Gasteiger partial charge in [-0.15, -0.1) is 0 Å². The van der Waals surface area contributed by atoms with E-state index in [0.29, 0.717) is 25.5 Å². The summed E-state index contributed by atoms with van der Waals surface area (Å²) in [5.74, 6) is 0.300. The maximum absolute atomic E-state index is 11.8. The zero-order valence-electron chi connectivity index (χ0n) is 10.7. The molecule has 1 aliphatic heterocycles. The monoisotopic (exact) mass is 241 g/mol. The van der Waals surface area contributed by atoms with Crippen molar-refractivity contribution in [2.45, 2.75) is 39.3 Å². The second-order valence-corrected chi connectivity index (χ2v) is 4.72. The average Bonchev–Trinajstić information content (AvgIpc) is 2.61. The first-order valence-corrected chi connectivity index (χ1v) is 6.05. The number of ether oxygens (including phenoxy) is 1. The molecule has 1 N–H and O–H groups in total. The number of nitrogens with one attached hydrogen (secondary N) is 1. The minimum atomic E-state index is -0.229. The van der Waals surface area contributed by atoms with Crippen LogP contribution in [0.3, 0.4) is 0 Å². The van der Waals surface area contributed by atoms with Crippen molar-refractivity contribution in [1.29, 1.82) is 5.53 Å². The summed E-state index contributed by atoms with van der Waals surface area (Å²) in [6.07, 6.45) is 0.605. The molecule has 0 saturated carbocycles. The molecule has 0 aromatic carbocycles. The molecule has 0 spiro atoms. The van der Waals surface area contributed by atoms with Gasteiger partial charge >= 0.3 is 5.97 Å². The van der Waals surface area contributed by atoms with E-state index in [-0.39, 0.29) is 18.1 Å². The van der Waals surface area contributed by atoms with Crippen molar-refractivity contribution in [2.24, 2.45) is 11.0 Å². The van der Waals surface area contributed by atoms with Crippen LogP contribution in [0.5, 0.6) is 0 Å². The molecular formula is C11H21N4O2+. The zero-order valence-corrected chi connectivity index (χ0v) is 10.7. The van der Waals surface area contributed by atoms with Crippen LogP contribution in [0, 0.1) is 11.4 Å². The van der Waals surface area contributed by atoms with Gasteiger partial charge in [-0.3, -0.25) is 9.69 Å². The standard InChI is InChI=1S/C11H21N4O2/c1-4-17-11(16)10-5-9(13-14-12)7-15(10)6-8(2)3/h8-10,12H,4-7H2,1-3H3/q+1/t9-,10-/m0/s1. The summed E-state index contributed by atoms with van der Waals surface area (Å²) in [5, 5.41) is 3.82. The van der Waals surface area contributed by atoms with Crippen molar-refractivity contribution >= 4 is 5.97 Å². The van der Waals surface area contributed by atoms with E-state index >= 15 is 0 Å². The highest BCUT2D eigenvalue weighted by Gasteiger charge is 2.39. The van der Waals surface area contributed by atoms with Crippen LogP contribution in [-0.2, 0) is 9.53 Å². The highest BCUT2D eigenvalue weighted by atomic mass is 16.5. The number of hydrogen-bond donors (Lipinski definition) is 1. The summed E-state index contributed by atoms with van der Waals surface area (Å²) >= 11 is 0. The minimum Gasteiger partial charge on any atom is -0.465 e. The van der Waals surface area contributed by atoms with Crippen LogP contribution in [-0.4, -0.2) is 42.6 Å². The lowest BCUT2D eigenvalue weighted by atomic mass is 10.1. The number of rotatable bonds is 5. The maximum atomic E-state index is 11.8. The smallest absolute Gasteiger partial charge is 0.323 e. The Hall–Kier alpha value is -1.26. The van der Waals surface area contributed by atoms with Gasteiger partial charge in [0, 0.05) is 19.5 Å². The molecule has 6 nitrogen and oxygen atoms in total. The quantitative estimate of drug-likeness (QED) is 0.446. The van der Waals surface area contributed by atoms with E-state index < -0.39 is 0 Å². The molecule has 0 radical (unpaired) electrons. The number of carbonyl (C=O) groups is 1. The van der Waals surface area contributed by atoms with Crippen molar-refractivity contribution in [3.8, 4) is 0 Å². The van der Waals surface area contributed by atoms with Crippen LogP contribution >= 0.6 is 0 Å². The summed E-state index contributed by atoms with van der Waals surface area (Å²) in [6.45, 7) is 7.96. The van der Waals surface area contributed by atoms with Crippen LogP contribution in [0.1, 0.15) is 27.2 Å². The third-order valence-corrected chi connectivity index (χ3v) is 2.76. The lowest BCUT2D eigenvalue weighted by Gasteiger charge is -2.23. The Morgan fingerprint density at radius 3 is 2.88 bits per heavy atom. The van der Waals surface area contributed by atoms with E-state index in [1.807, 2.05) is 0 Å². The Kier molecular flexibility index (Phi) is 5.25. The molecule has 1 aliphatic rings. The Morgan fingerprint density at radius 2 is 2.35 bits per heavy atom. The van der Waals surface area contributed by atoms with E-state index in [0.717, 1.165) is 6.54 Å². The van der Waals surface area contributed by atoms with Crippen molar-refractivity contribution in [1.82, 2.24) is 9.81 Å². The Labute approximate surface area is 102 Å². The SMILES string of the molecule is CCOC(=O)[C@@H]1C[C@H](N=[N+]=N)CN1CC(C)C. The van der Waals surface area contributed by atoms with Crippen molar-refractivity contribution in [3.63, 3.8) is 0 Å². The molecule has 6 heteroatoms. The molecule has 0 unspecified atom stereocenters. The highest BCUT2D eigenvalue weighted by molar-refractivity contribution is 5.76. The third-order valence-electron chi connectivity index (χ3n) is 2.76. The molecule has 0 amide bonds. The van der Waals surface area contributed by atoms with Gasteiger partial charge in [0.2, 0.25) is 4.91 Å². The summed E-state index contributed by atoms with van der Waals surface area (Å²) in [7, 11) is 0. The summed E-state index contributed by atoms with van der Waals surface area (Å²) in [6, 6.07) is -0.284. The molecule has 1 rings (SSSR count). The molecule has 0 aromatic heterocycles. The lowest BCUT2D eigenvalue weighted by Crippen LogP contribution is -2.39. The topological polar surface area (TPSA) is 79.8 Å². The van der Waals surface area contributed by atoms with Crippen LogP contribution < -0.4 is 4.91 Å². The summed E-state index contributed by atoms with van der Waals surface area (Å²) in [5.41, 5.74) is 6.75. The molecule has 1 saturated heterocycles. The van der Waals surface area contributed by atoms with Gasteiger partial charge in [-0.1, -0.05) is 13.8 Å². The molecule has 0 bridgehead atoms. The molecule has 96 valence electrons. The molecule has 0 aromatic rings. The van der Waals surface area contributed by atoms with Crippen LogP contribution in [0.4, 0.5) is 0 Å². The fourth-order valence-corrected chi connectivity index (χ4v) is 2.20. The predicted octanol–water partition coefficient (Wildman–Crippen LogP) is 1.20. The van der Waals surface area contributed by atoms with Crippen LogP contribution in [0.25, 0.3) is 0 Å². The normalized spacial score (nSPS) is 24.7. The van der Waals surface area contributed by atoms with Crippen LogP contribution in [0.2, 0.25) is 0 Å². The number of likely N-dealkylation sites (tertiary alicyclic amines) is 1. The highest BCUT2D eigenvalue weighted by Crippen LogP contribution is 2.22. The average molecular weight is 241 g/mol. The third kappa shape index (κ3) is 3.91. The molecule has 1 heterocycles. The van der Waals surface area contributed by atoms with E-state index in [9.17, 15) is 4.79 Å². The van der Waals surface area contributed by atoms with Crippen molar-refractivity contribution in [3.05, 3.63) is 0 Å². The van der Waals surface area contributed by atoms with Gasteiger partial charge in [-0.2, -0.15) is 0 Å². The maximum Gasteiger partial charge on any atom is 0.323 e. The second kappa shape index (κ2) is 6.47. The second-order valence-electron chi connectivity index (χ2n) is 4.72. The minimum absolute atomic E-state index is 0.0549. The van der Waals surface area contributed by atoms with Gasteiger partial charge in [-0.25, -0.2) is 0 Å². The van der Waals surface area contributed by atoms with E-state index in [1.165, 1.54) is 0 Å². The van der Waals surface area contributed by atoms with Crippen LogP contribution in [0.15, 0.2) is 5.11 Å². The van der Waals surface area contributed by atoms with Gasteiger partial charge in [-0.05, 0) is 12.8 Å². The molecule has 0 aliphatic carbocycles. The van der Waals surface area contributed by atoms with Gasteiger partial charge in [0.25, 0.3) is 0 Å². The number of hydrogen-bond acceptors (Lipinski definition) is 5. The van der Waals surface area contributed by atoms with E-state index in [4.69, 9.17) is 10.3 Å². The Bertz CT molecular complexity index is 313. The molecular weight excluding hydrogens is 220 g/mol. The largest absolute Gasteiger partial charge is 0.465 e. The first kappa shape index (κ1) is 13.8. The predicted molar refractivity (Wildman–Crippen MR) is 62.5 cm³/mol. The Morgan fingerprint density at radius 1 is 1.65 bits per heavy atom. The summed E-state index contributed by atoms with van der Waals surface area (Å²) in [4.78, 5) is 17.0. The fourth-order valence-electron chi connectivity index (χ4n) is 2.20. The van der Waals surface area contributed by atoms with Crippen molar-refractivity contribution < 1.29 is 9.53 Å². The number of carbonyl (C=O) groups excluding carboxylic acids is 1. The zero-order chi connectivity index (χ0) is 12.8. The van der Waals surface area contributed by atoms with Gasteiger partial charge < -0.3 is 4.74 Å². The first-order chi connectivity index (χ1) is 8.08. The number of nitrogens with zero attached hydrogens (tertiary/aromatic N) is 3. The number of esters is 1. The first-order valence-electron chi connectivity index (χ1n) is 6.05. The molecule has 2 atom stereocenters. The van der Waals surface area contributed by atoms with Crippen molar-refractivity contribution in [2.75, 3.05) is 19.7 Å². The summed E-state index contributed by atoms with van der Waals surface area (Å²) < 4.78 is 5.06. The molecule has 1 fully saturated rings. The van der Waals surface area contributed by atoms with Gasteiger partial charge in [0.15, 0.2) is 0 Å². The van der Waals surface area contributed by atoms with Gasteiger partial charge in [0.05, 0.1) is 6.61 Å². The fraction of sp³-hybridized carbons (Fsp3) is 0.909. The van der Waals surface area contributed by atoms with Gasteiger partial charge in [0.1, 0.15) is 22.7 Å². The Balaban J connectivity index is 2.69.